The summed E-state index contributed by atoms with van der Waals surface area (Å²) in [4.78, 5) is 16.9. The van der Waals surface area contributed by atoms with Crippen molar-refractivity contribution < 1.29 is 4.79 Å². The van der Waals surface area contributed by atoms with Crippen molar-refractivity contribution in [1.82, 2.24) is 10.3 Å². The molecule has 2 rings (SSSR count). The summed E-state index contributed by atoms with van der Waals surface area (Å²) in [5.41, 5.74) is 1.67. The average molecular weight is 258 g/mol. The molecule has 92 valence electrons. The molecule has 1 amide bonds. The number of carbonyl (C=O) groups is 1. The Hall–Kier alpha value is -1.81. The van der Waals surface area contributed by atoms with Gasteiger partial charge in [0.15, 0.2) is 0 Å². The summed E-state index contributed by atoms with van der Waals surface area (Å²) in [6, 6.07) is 11.7. The van der Waals surface area contributed by atoms with Gasteiger partial charge in [0.25, 0.3) is 5.91 Å². The van der Waals surface area contributed by atoms with Crippen LogP contribution in [-0.4, -0.2) is 17.1 Å². The summed E-state index contributed by atoms with van der Waals surface area (Å²) in [5, 5.41) is 2.87. The molecule has 0 fully saturated rings. The maximum absolute atomic E-state index is 11.8. The number of pyridine rings is 1. The second-order valence-corrected chi connectivity index (χ2v) is 4.65. The van der Waals surface area contributed by atoms with Crippen LogP contribution >= 0.6 is 11.8 Å². The second-order valence-electron chi connectivity index (χ2n) is 3.77. The van der Waals surface area contributed by atoms with Gasteiger partial charge in [-0.3, -0.25) is 9.78 Å². The van der Waals surface area contributed by atoms with Gasteiger partial charge in [-0.25, -0.2) is 0 Å². The molecule has 0 unspecified atom stereocenters. The van der Waals surface area contributed by atoms with Gasteiger partial charge < -0.3 is 5.32 Å². The lowest BCUT2D eigenvalue weighted by Crippen LogP contribution is -2.22. The number of nitrogens with zero attached hydrogens (tertiary/aromatic N) is 1. The smallest absolute Gasteiger partial charge is 0.253 e. The quantitative estimate of drug-likeness (QED) is 0.857. The molecule has 0 bridgehead atoms. The van der Waals surface area contributed by atoms with Gasteiger partial charge in [-0.1, -0.05) is 12.1 Å². The first kappa shape index (κ1) is 12.6. The van der Waals surface area contributed by atoms with E-state index in [0.29, 0.717) is 12.1 Å². The number of hydrogen-bond donors (Lipinski definition) is 1. The van der Waals surface area contributed by atoms with Crippen molar-refractivity contribution in [1.29, 1.82) is 0 Å². The van der Waals surface area contributed by atoms with E-state index in [1.807, 2.05) is 18.4 Å². The molecule has 18 heavy (non-hydrogen) atoms. The van der Waals surface area contributed by atoms with E-state index in [1.165, 1.54) is 4.90 Å². The Labute approximate surface area is 111 Å². The van der Waals surface area contributed by atoms with Crippen molar-refractivity contribution in [2.75, 3.05) is 6.26 Å². The highest BCUT2D eigenvalue weighted by atomic mass is 32.2. The van der Waals surface area contributed by atoms with Crippen LogP contribution in [0.25, 0.3) is 0 Å². The lowest BCUT2D eigenvalue weighted by molar-refractivity contribution is 0.0950. The summed E-state index contributed by atoms with van der Waals surface area (Å²) in [5.74, 6) is -0.1000. The highest BCUT2D eigenvalue weighted by Crippen LogP contribution is 2.14. The van der Waals surface area contributed by atoms with E-state index in [0.717, 1.165) is 5.56 Å². The van der Waals surface area contributed by atoms with Crippen molar-refractivity contribution in [3.63, 3.8) is 0 Å². The second kappa shape index (κ2) is 6.21. The summed E-state index contributed by atoms with van der Waals surface area (Å²) in [7, 11) is 0. The zero-order chi connectivity index (χ0) is 12.8. The fraction of sp³-hybridized carbons (Fsp3) is 0.143. The van der Waals surface area contributed by atoms with Crippen LogP contribution in [0.3, 0.4) is 0 Å². The fourth-order valence-electron chi connectivity index (χ4n) is 1.52. The number of benzene rings is 1. The van der Waals surface area contributed by atoms with Gasteiger partial charge in [-0.15, -0.1) is 11.8 Å². The lowest BCUT2D eigenvalue weighted by atomic mass is 10.2. The van der Waals surface area contributed by atoms with Gasteiger partial charge in [0.1, 0.15) is 0 Å². The maximum atomic E-state index is 11.8. The minimum atomic E-state index is -0.1000. The predicted octanol–water partition coefficient (Wildman–Crippen LogP) is 2.73. The molecule has 0 aliphatic rings. The Kier molecular flexibility index (Phi) is 4.36. The molecule has 1 aromatic heterocycles. The van der Waals surface area contributed by atoms with E-state index in [4.69, 9.17) is 0 Å². The first-order valence-electron chi connectivity index (χ1n) is 5.61. The minimum absolute atomic E-state index is 0.1000. The van der Waals surface area contributed by atoms with Crippen molar-refractivity contribution >= 4 is 17.7 Å². The Morgan fingerprint density at radius 1 is 1.28 bits per heavy atom. The van der Waals surface area contributed by atoms with Crippen LogP contribution < -0.4 is 5.32 Å². The summed E-state index contributed by atoms with van der Waals surface area (Å²) in [6.45, 7) is 0.530. The molecule has 1 aromatic carbocycles. The number of hydrogen-bond acceptors (Lipinski definition) is 3. The van der Waals surface area contributed by atoms with Gasteiger partial charge in [-0.2, -0.15) is 0 Å². The van der Waals surface area contributed by atoms with Gasteiger partial charge in [-0.05, 0) is 36.1 Å². The van der Waals surface area contributed by atoms with Crippen molar-refractivity contribution in [2.45, 2.75) is 11.4 Å². The highest BCUT2D eigenvalue weighted by Gasteiger charge is 2.04. The van der Waals surface area contributed by atoms with E-state index < -0.39 is 0 Å². The average Bonchev–Trinajstić information content (AvgIpc) is 2.46. The summed E-state index contributed by atoms with van der Waals surface area (Å²) >= 11 is 1.70. The molecule has 0 saturated heterocycles. The number of thioether (sulfide) groups is 1. The molecule has 0 radical (unpaired) electrons. The minimum Gasteiger partial charge on any atom is -0.348 e. The van der Waals surface area contributed by atoms with Crippen LogP contribution in [0, 0.1) is 0 Å². The Morgan fingerprint density at radius 3 is 2.67 bits per heavy atom. The van der Waals surface area contributed by atoms with Crippen molar-refractivity contribution in [2.24, 2.45) is 0 Å². The molecule has 1 heterocycles. The van der Waals surface area contributed by atoms with Crippen molar-refractivity contribution in [3.05, 3.63) is 59.9 Å². The third-order valence-electron chi connectivity index (χ3n) is 2.54. The SMILES string of the molecule is CSc1ccc(CNC(=O)c2cccnc2)cc1. The maximum Gasteiger partial charge on any atom is 0.253 e. The first-order valence-corrected chi connectivity index (χ1v) is 6.83. The monoisotopic (exact) mass is 258 g/mol. The zero-order valence-electron chi connectivity index (χ0n) is 10.1. The molecular formula is C14H14N2OS. The normalized spacial score (nSPS) is 10.1. The molecule has 0 atom stereocenters. The molecule has 4 heteroatoms. The molecule has 0 aliphatic heterocycles. The molecule has 2 aromatic rings. The summed E-state index contributed by atoms with van der Waals surface area (Å²) < 4.78 is 0. The number of aromatic nitrogens is 1. The van der Waals surface area contributed by atoms with Gasteiger partial charge >= 0.3 is 0 Å². The Morgan fingerprint density at radius 2 is 2.06 bits per heavy atom. The Balaban J connectivity index is 1.93. The van der Waals surface area contributed by atoms with Crippen LogP contribution in [-0.2, 0) is 6.54 Å². The fourth-order valence-corrected chi connectivity index (χ4v) is 1.93. The topological polar surface area (TPSA) is 42.0 Å². The highest BCUT2D eigenvalue weighted by molar-refractivity contribution is 7.98. The lowest BCUT2D eigenvalue weighted by Gasteiger charge is -2.05. The third kappa shape index (κ3) is 3.34. The standard InChI is InChI=1S/C14H14N2OS/c1-18-13-6-4-11(5-7-13)9-16-14(17)12-3-2-8-15-10-12/h2-8,10H,9H2,1H3,(H,16,17). The van der Waals surface area contributed by atoms with Gasteiger partial charge in [0, 0.05) is 23.8 Å². The first-order chi connectivity index (χ1) is 8.79. The van der Waals surface area contributed by atoms with Crippen LogP contribution in [0.4, 0.5) is 0 Å². The Bertz CT molecular complexity index is 511. The third-order valence-corrected chi connectivity index (χ3v) is 3.28. The van der Waals surface area contributed by atoms with Crippen LogP contribution in [0.2, 0.25) is 0 Å². The predicted molar refractivity (Wildman–Crippen MR) is 73.6 cm³/mol. The largest absolute Gasteiger partial charge is 0.348 e. The van der Waals surface area contributed by atoms with Crippen LogP contribution in [0.1, 0.15) is 15.9 Å². The molecule has 1 N–H and O–H groups in total. The molecule has 3 nitrogen and oxygen atoms in total. The van der Waals surface area contributed by atoms with Gasteiger partial charge in [0.05, 0.1) is 5.56 Å². The van der Waals surface area contributed by atoms with E-state index in [1.54, 1.807) is 36.3 Å². The van der Waals surface area contributed by atoms with Gasteiger partial charge in [0.2, 0.25) is 0 Å². The molecule has 0 saturated carbocycles. The van der Waals surface area contributed by atoms with E-state index >= 15 is 0 Å². The van der Waals surface area contributed by atoms with Crippen LogP contribution in [0.15, 0.2) is 53.7 Å². The number of amides is 1. The molecule has 0 spiro atoms. The number of nitrogens with one attached hydrogen (secondary N) is 1. The van der Waals surface area contributed by atoms with E-state index in [2.05, 4.69) is 22.4 Å². The molecule has 0 aliphatic carbocycles. The van der Waals surface area contributed by atoms with E-state index in [9.17, 15) is 4.79 Å². The zero-order valence-corrected chi connectivity index (χ0v) is 10.9. The summed E-state index contributed by atoms with van der Waals surface area (Å²) in [6.07, 6.45) is 5.25. The number of rotatable bonds is 4. The van der Waals surface area contributed by atoms with Crippen molar-refractivity contribution in [3.8, 4) is 0 Å². The number of carbonyl (C=O) groups excluding carboxylic acids is 1. The molecular weight excluding hydrogens is 244 g/mol. The van der Waals surface area contributed by atoms with E-state index in [-0.39, 0.29) is 5.91 Å². The van der Waals surface area contributed by atoms with Crippen LogP contribution in [0.5, 0.6) is 0 Å².